The van der Waals surface area contributed by atoms with Crippen LogP contribution in [-0.4, -0.2) is 29.8 Å². The summed E-state index contributed by atoms with van der Waals surface area (Å²) >= 11 is 7.15. The van der Waals surface area contributed by atoms with Gasteiger partial charge in [-0.05, 0) is 18.2 Å². The van der Waals surface area contributed by atoms with Gasteiger partial charge in [-0.1, -0.05) is 35.5 Å². The molecule has 1 aliphatic heterocycles. The van der Waals surface area contributed by atoms with Gasteiger partial charge in [-0.15, -0.1) is 13.2 Å². The first-order valence-corrected chi connectivity index (χ1v) is 7.75. The lowest BCUT2D eigenvalue weighted by Gasteiger charge is -2.21. The van der Waals surface area contributed by atoms with Gasteiger partial charge in [0.15, 0.2) is 0 Å². The van der Waals surface area contributed by atoms with E-state index in [0.717, 1.165) is 4.90 Å². The average Bonchev–Trinajstić information content (AvgIpc) is 2.48. The Morgan fingerprint density at radius 1 is 1.32 bits per heavy atom. The van der Waals surface area contributed by atoms with E-state index in [-0.39, 0.29) is 11.8 Å². The highest BCUT2D eigenvalue weighted by molar-refractivity contribution is 8.04. The molecule has 114 valence electrons. The van der Waals surface area contributed by atoms with Gasteiger partial charge in [0.05, 0.1) is 10.6 Å². The van der Waals surface area contributed by atoms with Crippen LogP contribution in [0.3, 0.4) is 0 Å². The van der Waals surface area contributed by atoms with Crippen molar-refractivity contribution in [2.75, 3.05) is 18.4 Å². The molecule has 2 amide bonds. The zero-order chi connectivity index (χ0) is 16.1. The van der Waals surface area contributed by atoms with E-state index in [1.54, 1.807) is 24.3 Å². The largest absolute Gasteiger partial charge is 0.332 e. The van der Waals surface area contributed by atoms with Crippen molar-refractivity contribution in [3.05, 3.63) is 59.5 Å². The van der Waals surface area contributed by atoms with Crippen molar-refractivity contribution in [1.29, 1.82) is 0 Å². The molecule has 1 aliphatic rings. The lowest BCUT2D eigenvalue weighted by Crippen LogP contribution is -2.30. The van der Waals surface area contributed by atoms with Crippen molar-refractivity contribution in [2.45, 2.75) is 4.90 Å². The number of anilines is 1. The van der Waals surface area contributed by atoms with Gasteiger partial charge >= 0.3 is 0 Å². The van der Waals surface area contributed by atoms with E-state index in [4.69, 9.17) is 11.6 Å². The van der Waals surface area contributed by atoms with Crippen LogP contribution >= 0.6 is 23.4 Å². The Morgan fingerprint density at radius 2 is 2.00 bits per heavy atom. The number of halogens is 1. The molecule has 0 aromatic heterocycles. The number of nitrogens with zero attached hydrogens (tertiary/aromatic N) is 1. The maximum atomic E-state index is 12.2. The van der Waals surface area contributed by atoms with E-state index in [0.29, 0.717) is 28.7 Å². The maximum Gasteiger partial charge on any atom is 0.262 e. The Kier molecular flexibility index (Phi) is 5.46. The van der Waals surface area contributed by atoms with E-state index in [9.17, 15) is 9.59 Å². The second-order valence-corrected chi connectivity index (χ2v) is 6.05. The molecule has 0 saturated heterocycles. The third kappa shape index (κ3) is 3.81. The second kappa shape index (κ2) is 7.33. The Bertz CT molecular complexity index is 660. The molecule has 0 unspecified atom stereocenters. The second-order valence-electron chi connectivity index (χ2n) is 4.53. The highest BCUT2D eigenvalue weighted by Gasteiger charge is 2.23. The van der Waals surface area contributed by atoms with Crippen LogP contribution in [0.2, 0.25) is 5.02 Å². The summed E-state index contributed by atoms with van der Waals surface area (Å²) in [7, 11) is 0. The number of hydrogen-bond donors (Lipinski definition) is 1. The number of nitrogens with one attached hydrogen (secondary N) is 1. The number of carbonyl (C=O) groups excluding carboxylic acids is 2. The standard InChI is InChI=1S/C16H15ClN2O2S/c1-3-7-19(8-4-2)15(20)10-14-16(21)18-12-9-11(17)5-6-13(12)22-14/h3-6,9-10H,1-2,7-8H2,(H,18,21)/b14-10-. The Hall–Kier alpha value is -1.98. The summed E-state index contributed by atoms with van der Waals surface area (Å²) in [5, 5.41) is 3.28. The molecule has 0 atom stereocenters. The summed E-state index contributed by atoms with van der Waals surface area (Å²) in [6.45, 7) is 8.03. The highest BCUT2D eigenvalue weighted by Crippen LogP contribution is 2.39. The molecule has 1 aromatic carbocycles. The van der Waals surface area contributed by atoms with Crippen LogP contribution in [0.25, 0.3) is 0 Å². The van der Waals surface area contributed by atoms with E-state index in [1.807, 2.05) is 6.07 Å². The van der Waals surface area contributed by atoms with Crippen LogP contribution in [0.5, 0.6) is 0 Å². The number of thioether (sulfide) groups is 1. The lowest BCUT2D eigenvalue weighted by molar-refractivity contribution is -0.125. The molecule has 6 heteroatoms. The first-order valence-electron chi connectivity index (χ1n) is 6.56. The van der Waals surface area contributed by atoms with Crippen molar-refractivity contribution in [3.63, 3.8) is 0 Å². The summed E-state index contributed by atoms with van der Waals surface area (Å²) in [6.07, 6.45) is 4.60. The summed E-state index contributed by atoms with van der Waals surface area (Å²) in [6, 6.07) is 5.24. The molecule has 0 saturated carbocycles. The third-order valence-electron chi connectivity index (χ3n) is 2.90. The van der Waals surface area contributed by atoms with Crippen LogP contribution in [0, 0.1) is 0 Å². The quantitative estimate of drug-likeness (QED) is 0.662. The van der Waals surface area contributed by atoms with Gasteiger partial charge in [-0.25, -0.2) is 0 Å². The zero-order valence-corrected chi connectivity index (χ0v) is 13.4. The Morgan fingerprint density at radius 3 is 2.64 bits per heavy atom. The SMILES string of the molecule is C=CCN(CC=C)C(=O)/C=C1\Sc2ccc(Cl)cc2NC1=O. The molecule has 0 spiro atoms. The molecule has 2 rings (SSSR count). The van der Waals surface area contributed by atoms with Crippen molar-refractivity contribution < 1.29 is 9.59 Å². The van der Waals surface area contributed by atoms with Gasteiger partial charge in [0, 0.05) is 29.1 Å². The van der Waals surface area contributed by atoms with Crippen LogP contribution in [0.4, 0.5) is 5.69 Å². The minimum Gasteiger partial charge on any atom is -0.332 e. The lowest BCUT2D eigenvalue weighted by atomic mass is 10.3. The first kappa shape index (κ1) is 16.4. The fourth-order valence-corrected chi connectivity index (χ4v) is 2.97. The molecule has 0 bridgehead atoms. The van der Waals surface area contributed by atoms with Crippen molar-refractivity contribution in [3.8, 4) is 0 Å². The molecule has 0 fully saturated rings. The number of benzene rings is 1. The number of rotatable bonds is 5. The number of carbonyl (C=O) groups is 2. The Labute approximate surface area is 138 Å². The van der Waals surface area contributed by atoms with Gasteiger partial charge in [0.25, 0.3) is 5.91 Å². The van der Waals surface area contributed by atoms with E-state index in [2.05, 4.69) is 18.5 Å². The first-order chi connectivity index (χ1) is 10.5. The topological polar surface area (TPSA) is 49.4 Å². The average molecular weight is 335 g/mol. The smallest absolute Gasteiger partial charge is 0.262 e. The summed E-state index contributed by atoms with van der Waals surface area (Å²) in [5.41, 5.74) is 0.654. The van der Waals surface area contributed by atoms with Gasteiger partial charge in [-0.2, -0.15) is 0 Å². The maximum absolute atomic E-state index is 12.2. The molecular weight excluding hydrogens is 320 g/mol. The summed E-state index contributed by atoms with van der Waals surface area (Å²) in [5.74, 6) is -0.569. The molecule has 1 N–H and O–H groups in total. The van der Waals surface area contributed by atoms with Crippen molar-refractivity contribution in [2.24, 2.45) is 0 Å². The molecule has 0 aliphatic carbocycles. The molecule has 1 heterocycles. The van der Waals surface area contributed by atoms with Gasteiger partial charge in [0.2, 0.25) is 5.91 Å². The predicted octanol–water partition coefficient (Wildman–Crippen LogP) is 3.47. The van der Waals surface area contributed by atoms with Gasteiger partial charge in [-0.3, -0.25) is 9.59 Å². The molecule has 4 nitrogen and oxygen atoms in total. The summed E-state index contributed by atoms with van der Waals surface area (Å²) < 4.78 is 0. The van der Waals surface area contributed by atoms with Crippen LogP contribution < -0.4 is 5.32 Å². The Balaban J connectivity index is 2.23. The fraction of sp³-hybridized carbons (Fsp3) is 0.125. The number of hydrogen-bond acceptors (Lipinski definition) is 3. The van der Waals surface area contributed by atoms with Crippen LogP contribution in [0.15, 0.2) is 59.4 Å². The van der Waals surface area contributed by atoms with Gasteiger partial charge in [0.1, 0.15) is 0 Å². The predicted molar refractivity (Wildman–Crippen MR) is 91.0 cm³/mol. The van der Waals surface area contributed by atoms with Crippen molar-refractivity contribution >= 4 is 40.9 Å². The highest BCUT2D eigenvalue weighted by atomic mass is 35.5. The zero-order valence-electron chi connectivity index (χ0n) is 11.8. The monoisotopic (exact) mass is 334 g/mol. The molecular formula is C16H15ClN2O2S. The molecule has 22 heavy (non-hydrogen) atoms. The van der Waals surface area contributed by atoms with Crippen LogP contribution in [-0.2, 0) is 9.59 Å². The van der Waals surface area contributed by atoms with E-state index < -0.39 is 0 Å². The number of fused-ring (bicyclic) bond motifs is 1. The normalized spacial score (nSPS) is 15.0. The minimum atomic E-state index is -0.315. The number of amides is 2. The third-order valence-corrected chi connectivity index (χ3v) is 4.23. The molecule has 0 radical (unpaired) electrons. The molecule has 1 aromatic rings. The van der Waals surface area contributed by atoms with E-state index in [1.165, 1.54) is 22.7 Å². The van der Waals surface area contributed by atoms with Crippen LogP contribution in [0.1, 0.15) is 0 Å². The van der Waals surface area contributed by atoms with E-state index >= 15 is 0 Å². The minimum absolute atomic E-state index is 0.255. The fourth-order valence-electron chi connectivity index (χ4n) is 1.90. The van der Waals surface area contributed by atoms with Gasteiger partial charge < -0.3 is 10.2 Å². The summed E-state index contributed by atoms with van der Waals surface area (Å²) in [4.78, 5) is 27.1. The van der Waals surface area contributed by atoms with Crippen molar-refractivity contribution in [1.82, 2.24) is 4.90 Å².